The van der Waals surface area contributed by atoms with E-state index < -0.39 is 16.9 Å². The summed E-state index contributed by atoms with van der Waals surface area (Å²) in [7, 11) is 0. The molecule has 0 unspecified atom stereocenters. The lowest BCUT2D eigenvalue weighted by Gasteiger charge is -2.18. The number of nitrogens with zero attached hydrogens (tertiary/aromatic N) is 1. The number of hydrogen-bond donors (Lipinski definition) is 1. The molecule has 1 rings (SSSR count). The number of aromatic nitrogens is 1. The third-order valence-electron chi connectivity index (χ3n) is 1.71. The van der Waals surface area contributed by atoms with Crippen LogP contribution in [0.2, 0.25) is 0 Å². The largest absolute Gasteiger partial charge is 0.444 e. The van der Waals surface area contributed by atoms with E-state index in [1.807, 2.05) is 0 Å². The Bertz CT molecular complexity index is 520. The van der Waals surface area contributed by atoms with E-state index >= 15 is 0 Å². The topological polar surface area (TPSA) is 68.3 Å². The second-order valence-electron chi connectivity index (χ2n) is 4.46. The Labute approximate surface area is 124 Å². The van der Waals surface area contributed by atoms with Gasteiger partial charge in [0, 0.05) is 10.9 Å². The van der Waals surface area contributed by atoms with E-state index in [1.165, 1.54) is 0 Å². The first-order valence-corrected chi connectivity index (χ1v) is 6.88. The first-order chi connectivity index (χ1) is 8.73. The number of hydrogen-bond acceptors (Lipinski definition) is 5. The Morgan fingerprint density at radius 3 is 2.58 bits per heavy atom. The van der Waals surface area contributed by atoms with Crippen LogP contribution in [0.25, 0.3) is 5.57 Å². The van der Waals surface area contributed by atoms with Crippen molar-refractivity contribution < 1.29 is 14.3 Å². The molecule has 8 heteroatoms. The van der Waals surface area contributed by atoms with Gasteiger partial charge in [-0.25, -0.2) is 9.78 Å². The molecule has 104 valence electrons. The minimum atomic E-state index is -0.718. The average molecular weight is 323 g/mol. The standard InChI is InChI=1S/C11H12Cl2N2O3S/c1-11(2,3)18-10(17)15-9-14-7(5-19-9)6(4-12)8(13)16/h4-5H,1-3H3,(H,14,15,17). The van der Waals surface area contributed by atoms with Crippen molar-refractivity contribution in [1.82, 2.24) is 4.98 Å². The molecule has 1 amide bonds. The highest BCUT2D eigenvalue weighted by Crippen LogP contribution is 2.24. The highest BCUT2D eigenvalue weighted by atomic mass is 35.5. The van der Waals surface area contributed by atoms with Gasteiger partial charge in [0.2, 0.25) is 0 Å². The number of carbonyl (C=O) groups excluding carboxylic acids is 2. The highest BCUT2D eigenvalue weighted by Gasteiger charge is 2.18. The molecule has 5 nitrogen and oxygen atoms in total. The van der Waals surface area contributed by atoms with Crippen molar-refractivity contribution in [3.05, 3.63) is 16.6 Å². The molecular formula is C11H12Cl2N2O3S. The van der Waals surface area contributed by atoms with Gasteiger partial charge >= 0.3 is 6.09 Å². The Hall–Kier alpha value is -1.11. The van der Waals surface area contributed by atoms with Gasteiger partial charge < -0.3 is 4.74 Å². The third-order valence-corrected chi connectivity index (χ3v) is 2.89. The molecular weight excluding hydrogens is 311 g/mol. The van der Waals surface area contributed by atoms with Gasteiger partial charge in [0.25, 0.3) is 5.24 Å². The highest BCUT2D eigenvalue weighted by molar-refractivity contribution is 7.14. The molecule has 0 aliphatic carbocycles. The van der Waals surface area contributed by atoms with Crippen molar-refractivity contribution in [2.24, 2.45) is 0 Å². The van der Waals surface area contributed by atoms with Crippen LogP contribution in [0.4, 0.5) is 9.93 Å². The molecule has 0 aliphatic rings. The van der Waals surface area contributed by atoms with E-state index in [9.17, 15) is 9.59 Å². The zero-order chi connectivity index (χ0) is 14.6. The maximum Gasteiger partial charge on any atom is 0.413 e. The minimum absolute atomic E-state index is 0.0665. The van der Waals surface area contributed by atoms with Crippen molar-refractivity contribution in [3.8, 4) is 0 Å². The van der Waals surface area contributed by atoms with Gasteiger partial charge in [-0.15, -0.1) is 11.3 Å². The van der Waals surface area contributed by atoms with Gasteiger partial charge in [0.05, 0.1) is 11.3 Å². The SMILES string of the molecule is CC(C)(C)OC(=O)Nc1nc(C(=CCl)C(=O)Cl)cs1. The summed E-state index contributed by atoms with van der Waals surface area (Å²) in [6.07, 6.45) is -0.623. The predicted octanol–water partition coefficient (Wildman–Crippen LogP) is 3.84. The first kappa shape index (κ1) is 15.9. The molecule has 0 spiro atoms. The zero-order valence-electron chi connectivity index (χ0n) is 10.5. The average Bonchev–Trinajstić information content (AvgIpc) is 2.63. The van der Waals surface area contributed by atoms with Gasteiger partial charge in [0.15, 0.2) is 5.13 Å². The van der Waals surface area contributed by atoms with Crippen molar-refractivity contribution in [1.29, 1.82) is 0 Å². The second-order valence-corrected chi connectivity index (χ2v) is 5.88. The number of rotatable bonds is 3. The van der Waals surface area contributed by atoms with E-state index in [-0.39, 0.29) is 10.7 Å². The Morgan fingerprint density at radius 2 is 2.11 bits per heavy atom. The van der Waals surface area contributed by atoms with Crippen molar-refractivity contribution in [3.63, 3.8) is 0 Å². The monoisotopic (exact) mass is 322 g/mol. The maximum atomic E-state index is 11.5. The van der Waals surface area contributed by atoms with Crippen molar-refractivity contribution in [2.45, 2.75) is 26.4 Å². The van der Waals surface area contributed by atoms with Crippen molar-refractivity contribution in [2.75, 3.05) is 5.32 Å². The van der Waals surface area contributed by atoms with Gasteiger partial charge in [-0.3, -0.25) is 10.1 Å². The molecule has 0 radical (unpaired) electrons. The fourth-order valence-corrected chi connectivity index (χ4v) is 2.16. The molecule has 1 heterocycles. The molecule has 0 saturated carbocycles. The maximum absolute atomic E-state index is 11.5. The summed E-state index contributed by atoms with van der Waals surface area (Å²) in [4.78, 5) is 26.6. The summed E-state index contributed by atoms with van der Waals surface area (Å²) >= 11 is 12.0. The Balaban J connectivity index is 2.76. The van der Waals surface area contributed by atoms with Crippen LogP contribution in [-0.4, -0.2) is 21.9 Å². The van der Waals surface area contributed by atoms with Crippen LogP contribution in [0.15, 0.2) is 10.9 Å². The minimum Gasteiger partial charge on any atom is -0.444 e. The van der Waals surface area contributed by atoms with E-state index in [2.05, 4.69) is 10.3 Å². The number of amides is 1. The molecule has 19 heavy (non-hydrogen) atoms. The van der Waals surface area contributed by atoms with Gasteiger partial charge in [-0.05, 0) is 32.4 Å². The van der Waals surface area contributed by atoms with Crippen LogP contribution in [-0.2, 0) is 9.53 Å². The normalized spacial score (nSPS) is 12.2. The summed E-state index contributed by atoms with van der Waals surface area (Å²) < 4.78 is 5.07. The van der Waals surface area contributed by atoms with Crippen LogP contribution in [0.1, 0.15) is 26.5 Å². The lowest BCUT2D eigenvalue weighted by atomic mass is 10.2. The zero-order valence-corrected chi connectivity index (χ0v) is 12.8. The fourth-order valence-electron chi connectivity index (χ4n) is 1.05. The number of allylic oxidation sites excluding steroid dienone is 1. The Morgan fingerprint density at radius 1 is 1.47 bits per heavy atom. The van der Waals surface area contributed by atoms with Crippen LogP contribution in [0.3, 0.4) is 0 Å². The van der Waals surface area contributed by atoms with Crippen LogP contribution >= 0.6 is 34.5 Å². The van der Waals surface area contributed by atoms with E-state index in [1.54, 1.807) is 26.2 Å². The summed E-state index contributed by atoms with van der Waals surface area (Å²) in [6.45, 7) is 5.25. The predicted molar refractivity (Wildman–Crippen MR) is 76.7 cm³/mol. The molecule has 0 bridgehead atoms. The summed E-state index contributed by atoms with van der Waals surface area (Å²) in [5.74, 6) is 0. The number of thiazole rings is 1. The van der Waals surface area contributed by atoms with E-state index in [0.29, 0.717) is 5.69 Å². The van der Waals surface area contributed by atoms with Crippen LogP contribution in [0.5, 0.6) is 0 Å². The number of carbonyl (C=O) groups is 2. The van der Waals surface area contributed by atoms with Gasteiger partial charge in [0.1, 0.15) is 5.60 Å². The molecule has 0 saturated heterocycles. The van der Waals surface area contributed by atoms with Crippen molar-refractivity contribution >= 4 is 56.6 Å². The molecule has 1 N–H and O–H groups in total. The summed E-state index contributed by atoms with van der Waals surface area (Å²) in [6, 6.07) is 0. The molecule has 0 atom stereocenters. The van der Waals surface area contributed by atoms with Crippen LogP contribution in [0, 0.1) is 0 Å². The lowest BCUT2D eigenvalue weighted by Crippen LogP contribution is -2.27. The number of ether oxygens (including phenoxy) is 1. The number of halogens is 2. The molecule has 0 aliphatic heterocycles. The molecule has 1 aromatic heterocycles. The second kappa shape index (κ2) is 6.36. The molecule has 0 aromatic carbocycles. The van der Waals surface area contributed by atoms with Gasteiger partial charge in [-0.1, -0.05) is 11.6 Å². The fraction of sp³-hybridized carbons (Fsp3) is 0.364. The Kier molecular flexibility index (Phi) is 5.34. The summed E-state index contributed by atoms with van der Waals surface area (Å²) in [5.41, 5.74) is 0.807. The quantitative estimate of drug-likeness (QED) is 0.678. The summed E-state index contributed by atoms with van der Waals surface area (Å²) in [5, 5.41) is 3.59. The molecule has 0 fully saturated rings. The number of nitrogens with one attached hydrogen (secondary N) is 1. The molecule has 1 aromatic rings. The third kappa shape index (κ3) is 5.18. The van der Waals surface area contributed by atoms with Gasteiger partial charge in [-0.2, -0.15) is 0 Å². The van der Waals surface area contributed by atoms with E-state index in [0.717, 1.165) is 16.9 Å². The van der Waals surface area contributed by atoms with E-state index in [4.69, 9.17) is 27.9 Å². The first-order valence-electron chi connectivity index (χ1n) is 5.19. The van der Waals surface area contributed by atoms with Crippen LogP contribution < -0.4 is 5.32 Å². The number of anilines is 1. The smallest absolute Gasteiger partial charge is 0.413 e. The lowest BCUT2D eigenvalue weighted by molar-refractivity contribution is -0.106.